The van der Waals surface area contributed by atoms with Gasteiger partial charge in [-0.25, -0.2) is 5.01 Å². The fourth-order valence-electron chi connectivity index (χ4n) is 2.68. The van der Waals surface area contributed by atoms with Gasteiger partial charge in [-0.2, -0.15) is 0 Å². The molecule has 1 N–H and O–H groups in total. The summed E-state index contributed by atoms with van der Waals surface area (Å²) in [6, 6.07) is 9.86. The Hall–Kier alpha value is -3.19. The van der Waals surface area contributed by atoms with Crippen molar-refractivity contribution in [3.63, 3.8) is 0 Å². The lowest BCUT2D eigenvalue weighted by molar-refractivity contribution is -0.117. The van der Waals surface area contributed by atoms with Crippen molar-refractivity contribution in [3.8, 4) is 17.2 Å². The molecule has 0 atom stereocenters. The number of halogens is 1. The van der Waals surface area contributed by atoms with Gasteiger partial charge in [0.25, 0.3) is 11.8 Å². The summed E-state index contributed by atoms with van der Waals surface area (Å²) in [5.41, 5.74) is 3.58. The second-order valence-electron chi connectivity index (χ2n) is 5.57. The van der Waals surface area contributed by atoms with Crippen LogP contribution in [-0.4, -0.2) is 33.1 Å². The van der Waals surface area contributed by atoms with Gasteiger partial charge in [-0.3, -0.25) is 15.0 Å². The Morgan fingerprint density at radius 2 is 1.56 bits per heavy atom. The number of carbonyl (C=O) groups excluding carboxylic acids is 2. The van der Waals surface area contributed by atoms with E-state index in [1.807, 2.05) is 0 Å². The van der Waals surface area contributed by atoms with Gasteiger partial charge >= 0.3 is 0 Å². The molecule has 0 radical (unpaired) electrons. The predicted octanol–water partition coefficient (Wildman–Crippen LogP) is 2.83. The number of hydrazine groups is 1. The number of hydrogen-bond acceptors (Lipinski definition) is 5. The molecule has 0 aromatic heterocycles. The highest BCUT2D eigenvalue weighted by molar-refractivity contribution is 6.32. The molecule has 1 aliphatic heterocycles. The summed E-state index contributed by atoms with van der Waals surface area (Å²) in [5.74, 6) is 0.278. The number of nitrogens with one attached hydrogen (secondary N) is 1. The van der Waals surface area contributed by atoms with Crippen molar-refractivity contribution in [1.29, 1.82) is 0 Å². The van der Waals surface area contributed by atoms with Gasteiger partial charge in [-0.05, 0) is 48.0 Å². The standard InChI is InChI=1S/C19H17ClN2O5/c1-25-15-9-11(10-16(26-2)17(15)27-3)8-14-18(23)21-22(19(14)24)13-6-4-12(20)5-7-13/h4-10H,1-3H3,(H,21,23). The maximum Gasteiger partial charge on any atom is 0.282 e. The quantitative estimate of drug-likeness (QED) is 0.629. The molecule has 2 amide bonds. The minimum Gasteiger partial charge on any atom is -0.493 e. The van der Waals surface area contributed by atoms with E-state index in [0.29, 0.717) is 33.5 Å². The van der Waals surface area contributed by atoms with E-state index in [1.54, 1.807) is 36.4 Å². The number of amides is 2. The van der Waals surface area contributed by atoms with Crippen molar-refractivity contribution in [2.75, 3.05) is 26.3 Å². The SMILES string of the molecule is COc1cc(C=C2C(=O)NN(c3ccc(Cl)cc3)C2=O)cc(OC)c1OC. The second-order valence-corrected chi connectivity index (χ2v) is 6.01. The Labute approximate surface area is 161 Å². The summed E-state index contributed by atoms with van der Waals surface area (Å²) in [5, 5.41) is 1.70. The van der Waals surface area contributed by atoms with Crippen molar-refractivity contribution in [2.45, 2.75) is 0 Å². The monoisotopic (exact) mass is 388 g/mol. The van der Waals surface area contributed by atoms with Crippen LogP contribution in [0.3, 0.4) is 0 Å². The van der Waals surface area contributed by atoms with E-state index in [-0.39, 0.29) is 5.57 Å². The first-order chi connectivity index (χ1) is 13.0. The average Bonchev–Trinajstić information content (AvgIpc) is 2.96. The maximum absolute atomic E-state index is 12.7. The Morgan fingerprint density at radius 1 is 0.963 bits per heavy atom. The summed E-state index contributed by atoms with van der Waals surface area (Å²) in [6.07, 6.45) is 1.47. The molecule has 0 saturated carbocycles. The molecule has 1 saturated heterocycles. The molecule has 1 heterocycles. The second kappa shape index (κ2) is 7.59. The first-order valence-electron chi connectivity index (χ1n) is 7.91. The number of hydrogen-bond donors (Lipinski definition) is 1. The molecule has 0 aliphatic carbocycles. The van der Waals surface area contributed by atoms with Crippen LogP contribution in [0.1, 0.15) is 5.56 Å². The highest BCUT2D eigenvalue weighted by Crippen LogP contribution is 2.39. The number of anilines is 1. The average molecular weight is 389 g/mol. The van der Waals surface area contributed by atoms with Gasteiger partial charge in [0.2, 0.25) is 5.75 Å². The number of nitrogens with zero attached hydrogens (tertiary/aromatic N) is 1. The van der Waals surface area contributed by atoms with Crippen LogP contribution in [0.25, 0.3) is 6.08 Å². The molecule has 1 aliphatic rings. The van der Waals surface area contributed by atoms with Crippen LogP contribution in [0.5, 0.6) is 17.2 Å². The minimum atomic E-state index is -0.510. The smallest absolute Gasteiger partial charge is 0.282 e. The summed E-state index contributed by atoms with van der Waals surface area (Å²) < 4.78 is 15.9. The molecule has 1 fully saturated rings. The Balaban J connectivity index is 1.98. The fraction of sp³-hybridized carbons (Fsp3) is 0.158. The molecular weight excluding hydrogens is 372 g/mol. The summed E-state index contributed by atoms with van der Waals surface area (Å²) in [7, 11) is 4.48. The molecule has 2 aromatic carbocycles. The van der Waals surface area contributed by atoms with Crippen molar-refractivity contribution in [1.82, 2.24) is 5.43 Å². The lowest BCUT2D eigenvalue weighted by Crippen LogP contribution is -2.35. The zero-order valence-corrected chi connectivity index (χ0v) is 15.7. The van der Waals surface area contributed by atoms with E-state index in [1.165, 1.54) is 32.4 Å². The molecule has 140 valence electrons. The number of ether oxygens (including phenoxy) is 3. The van der Waals surface area contributed by atoms with Crippen LogP contribution in [0.15, 0.2) is 42.0 Å². The largest absolute Gasteiger partial charge is 0.493 e. The van der Waals surface area contributed by atoms with Crippen LogP contribution in [0.4, 0.5) is 5.69 Å². The van der Waals surface area contributed by atoms with Gasteiger partial charge in [0, 0.05) is 5.02 Å². The van der Waals surface area contributed by atoms with Gasteiger partial charge in [-0.1, -0.05) is 11.6 Å². The number of benzene rings is 2. The van der Waals surface area contributed by atoms with Crippen LogP contribution in [0.2, 0.25) is 5.02 Å². The molecule has 7 nitrogen and oxygen atoms in total. The molecular formula is C19H17ClN2O5. The van der Waals surface area contributed by atoms with Gasteiger partial charge in [0.05, 0.1) is 27.0 Å². The highest BCUT2D eigenvalue weighted by Gasteiger charge is 2.34. The van der Waals surface area contributed by atoms with Crippen LogP contribution >= 0.6 is 11.6 Å². The molecule has 0 unspecified atom stereocenters. The van der Waals surface area contributed by atoms with E-state index in [0.717, 1.165) is 0 Å². The third kappa shape index (κ3) is 3.54. The zero-order chi connectivity index (χ0) is 19.6. The topological polar surface area (TPSA) is 77.1 Å². The van der Waals surface area contributed by atoms with Crippen LogP contribution < -0.4 is 24.6 Å². The zero-order valence-electron chi connectivity index (χ0n) is 14.9. The van der Waals surface area contributed by atoms with Gasteiger partial charge in [0.15, 0.2) is 11.5 Å². The Morgan fingerprint density at radius 3 is 2.07 bits per heavy atom. The third-order valence-electron chi connectivity index (χ3n) is 3.97. The summed E-state index contributed by atoms with van der Waals surface area (Å²) in [6.45, 7) is 0. The molecule has 27 heavy (non-hydrogen) atoms. The molecule has 0 spiro atoms. The lowest BCUT2D eigenvalue weighted by Gasteiger charge is -2.14. The van der Waals surface area contributed by atoms with E-state index >= 15 is 0 Å². The van der Waals surface area contributed by atoms with Crippen molar-refractivity contribution >= 4 is 35.2 Å². The Kier molecular flexibility index (Phi) is 5.23. The first kappa shape index (κ1) is 18.6. The van der Waals surface area contributed by atoms with Gasteiger partial charge in [0.1, 0.15) is 5.57 Å². The predicted molar refractivity (Wildman–Crippen MR) is 101 cm³/mol. The Bertz CT molecular complexity index is 899. The van der Waals surface area contributed by atoms with Crippen molar-refractivity contribution in [2.24, 2.45) is 0 Å². The van der Waals surface area contributed by atoms with Gasteiger partial charge in [-0.15, -0.1) is 0 Å². The summed E-state index contributed by atoms with van der Waals surface area (Å²) in [4.78, 5) is 25.0. The number of methoxy groups -OCH3 is 3. The minimum absolute atomic E-state index is 0.0146. The lowest BCUT2D eigenvalue weighted by atomic mass is 10.1. The van der Waals surface area contributed by atoms with Crippen molar-refractivity contribution in [3.05, 3.63) is 52.6 Å². The maximum atomic E-state index is 12.7. The molecule has 3 rings (SSSR count). The van der Waals surface area contributed by atoms with Crippen LogP contribution in [0, 0.1) is 0 Å². The highest BCUT2D eigenvalue weighted by atomic mass is 35.5. The van der Waals surface area contributed by atoms with E-state index in [4.69, 9.17) is 25.8 Å². The third-order valence-corrected chi connectivity index (χ3v) is 4.23. The number of rotatable bonds is 5. The normalized spacial score (nSPS) is 15.1. The van der Waals surface area contributed by atoms with E-state index in [9.17, 15) is 9.59 Å². The molecule has 2 aromatic rings. The summed E-state index contributed by atoms with van der Waals surface area (Å²) >= 11 is 5.87. The van der Waals surface area contributed by atoms with Crippen LogP contribution in [-0.2, 0) is 9.59 Å². The molecule has 0 bridgehead atoms. The van der Waals surface area contributed by atoms with Gasteiger partial charge < -0.3 is 14.2 Å². The number of carbonyl (C=O) groups is 2. The molecule has 8 heteroatoms. The fourth-order valence-corrected chi connectivity index (χ4v) is 2.81. The van der Waals surface area contributed by atoms with Crippen molar-refractivity contribution < 1.29 is 23.8 Å². The first-order valence-corrected chi connectivity index (χ1v) is 8.29. The van der Waals surface area contributed by atoms with E-state index < -0.39 is 11.8 Å². The van der Waals surface area contributed by atoms with E-state index in [2.05, 4.69) is 5.43 Å².